The van der Waals surface area contributed by atoms with Gasteiger partial charge in [0.2, 0.25) is 5.95 Å². The molecular weight excluding hydrogens is 446 g/mol. The molecule has 13 nitrogen and oxygen atoms in total. The maximum atomic E-state index is 12.4. The van der Waals surface area contributed by atoms with Crippen LogP contribution in [-0.2, 0) is 10.4 Å². The average molecular weight is 467 g/mol. The number of nitrogen functional groups attached to an aromatic ring is 1. The second-order valence-corrected chi connectivity index (χ2v) is 7.55. The zero-order valence-corrected chi connectivity index (χ0v) is 17.7. The molecule has 0 aliphatic carbocycles. The number of nitrogens with zero attached hydrogens (tertiary/aromatic N) is 4. The second-order valence-electron chi connectivity index (χ2n) is 6.65. The van der Waals surface area contributed by atoms with Crippen molar-refractivity contribution < 1.29 is 36.6 Å². The van der Waals surface area contributed by atoms with Crippen molar-refractivity contribution in [3.8, 4) is 11.5 Å². The van der Waals surface area contributed by atoms with Crippen LogP contribution in [0.4, 0.5) is 11.8 Å². The molecule has 1 aromatic carbocycles. The summed E-state index contributed by atoms with van der Waals surface area (Å²) < 4.78 is 41.9. The van der Waals surface area contributed by atoms with Gasteiger partial charge in [-0.1, -0.05) is 0 Å². The SMILES string of the molecule is COc1cc2nc(N3CCN(C(=O)c4ccco4)CC3)nc(N)c2cc1O.O=S(=O)(O)O. The van der Waals surface area contributed by atoms with Gasteiger partial charge in [0.25, 0.3) is 5.91 Å². The first-order chi connectivity index (χ1) is 15.1. The van der Waals surface area contributed by atoms with Crippen LogP contribution in [0.3, 0.4) is 0 Å². The predicted molar refractivity (Wildman–Crippen MR) is 113 cm³/mol. The van der Waals surface area contributed by atoms with Crippen LogP contribution >= 0.6 is 0 Å². The highest BCUT2D eigenvalue weighted by atomic mass is 32.3. The van der Waals surface area contributed by atoms with Crippen molar-refractivity contribution in [3.05, 3.63) is 36.3 Å². The van der Waals surface area contributed by atoms with E-state index in [0.717, 1.165) is 0 Å². The maximum Gasteiger partial charge on any atom is 0.394 e. The Hall–Kier alpha value is -3.62. The third-order valence-electron chi connectivity index (χ3n) is 4.60. The van der Waals surface area contributed by atoms with Crippen LogP contribution in [0.2, 0.25) is 0 Å². The summed E-state index contributed by atoms with van der Waals surface area (Å²) in [5, 5.41) is 10.5. The molecule has 5 N–H and O–H groups in total. The van der Waals surface area contributed by atoms with E-state index in [0.29, 0.717) is 54.5 Å². The summed E-state index contributed by atoms with van der Waals surface area (Å²) >= 11 is 0. The van der Waals surface area contributed by atoms with Crippen LogP contribution < -0.4 is 15.4 Å². The van der Waals surface area contributed by atoms with Crippen LogP contribution in [0, 0.1) is 0 Å². The van der Waals surface area contributed by atoms with Gasteiger partial charge in [-0.2, -0.15) is 13.4 Å². The van der Waals surface area contributed by atoms with E-state index in [1.54, 1.807) is 23.1 Å². The largest absolute Gasteiger partial charge is 0.504 e. The highest BCUT2D eigenvalue weighted by Gasteiger charge is 2.25. The Kier molecular flexibility index (Phi) is 6.67. The molecule has 0 spiro atoms. The molecule has 0 radical (unpaired) electrons. The van der Waals surface area contributed by atoms with E-state index in [-0.39, 0.29) is 17.5 Å². The van der Waals surface area contributed by atoms with E-state index in [2.05, 4.69) is 9.97 Å². The van der Waals surface area contributed by atoms with E-state index in [9.17, 15) is 9.90 Å². The number of methoxy groups -OCH3 is 1. The minimum Gasteiger partial charge on any atom is -0.504 e. The molecule has 0 saturated carbocycles. The van der Waals surface area contributed by atoms with Gasteiger partial charge in [-0.15, -0.1) is 0 Å². The summed E-state index contributed by atoms with van der Waals surface area (Å²) in [6.07, 6.45) is 1.49. The number of hydrogen-bond acceptors (Lipinski definition) is 10. The fourth-order valence-electron chi connectivity index (χ4n) is 3.13. The number of fused-ring (bicyclic) bond motifs is 1. The van der Waals surface area contributed by atoms with Crippen LogP contribution in [0.1, 0.15) is 10.6 Å². The minimum absolute atomic E-state index is 0.0156. The summed E-state index contributed by atoms with van der Waals surface area (Å²) in [6, 6.07) is 6.47. The predicted octanol–water partition coefficient (Wildman–Crippen LogP) is 0.829. The maximum absolute atomic E-state index is 12.4. The van der Waals surface area contributed by atoms with Crippen molar-refractivity contribution in [2.24, 2.45) is 0 Å². The molecule has 3 aromatic rings. The summed E-state index contributed by atoms with van der Waals surface area (Å²) in [5.74, 6) is 1.28. The van der Waals surface area contributed by atoms with Gasteiger partial charge in [-0.3, -0.25) is 13.9 Å². The molecule has 1 fully saturated rings. The Bertz CT molecular complexity index is 1200. The molecule has 1 aliphatic heterocycles. The number of phenolic OH excluding ortho intramolecular Hbond substituents is 1. The first-order valence-corrected chi connectivity index (χ1v) is 10.6. The van der Waals surface area contributed by atoms with E-state index in [4.69, 9.17) is 32.4 Å². The number of aromatic hydroxyl groups is 1. The summed E-state index contributed by atoms with van der Waals surface area (Å²) in [5.41, 5.74) is 6.64. The number of carbonyl (C=O) groups is 1. The Labute approximate surface area is 182 Å². The molecule has 172 valence electrons. The van der Waals surface area contributed by atoms with Gasteiger partial charge in [0.1, 0.15) is 5.82 Å². The molecule has 32 heavy (non-hydrogen) atoms. The van der Waals surface area contributed by atoms with Crippen molar-refractivity contribution in [2.45, 2.75) is 0 Å². The van der Waals surface area contributed by atoms with Gasteiger partial charge in [-0.05, 0) is 18.2 Å². The van der Waals surface area contributed by atoms with Gasteiger partial charge < -0.3 is 29.8 Å². The molecule has 3 heterocycles. The number of anilines is 2. The quantitative estimate of drug-likeness (QED) is 0.397. The number of piperazine rings is 1. The van der Waals surface area contributed by atoms with E-state index < -0.39 is 10.4 Å². The van der Waals surface area contributed by atoms with Gasteiger partial charge in [0, 0.05) is 37.6 Å². The first kappa shape index (κ1) is 23.1. The lowest BCUT2D eigenvalue weighted by atomic mass is 10.2. The number of phenols is 1. The normalized spacial score (nSPS) is 14.1. The number of furan rings is 1. The standard InChI is InChI=1S/C18H19N5O4.H2O4S/c1-26-15-10-12-11(9-13(15)24)16(19)21-18(20-12)23-6-4-22(5-7-23)17(25)14-3-2-8-27-14;1-5(2,3)4/h2-3,8-10,24H,4-7H2,1H3,(H2,19,20,21);(H2,1,2,3,4). The van der Waals surface area contributed by atoms with Gasteiger partial charge in [0.15, 0.2) is 17.3 Å². The van der Waals surface area contributed by atoms with Crippen LogP contribution in [0.25, 0.3) is 10.9 Å². The first-order valence-electron chi connectivity index (χ1n) is 9.18. The minimum atomic E-state index is -4.67. The van der Waals surface area contributed by atoms with Gasteiger partial charge in [0.05, 0.1) is 18.9 Å². The molecular formula is C18H21N5O8S. The zero-order valence-electron chi connectivity index (χ0n) is 16.9. The number of nitrogens with two attached hydrogens (primary N) is 1. The summed E-state index contributed by atoms with van der Waals surface area (Å²) in [4.78, 5) is 25.0. The molecule has 1 saturated heterocycles. The Balaban J connectivity index is 0.000000523. The lowest BCUT2D eigenvalue weighted by molar-refractivity contribution is 0.0714. The molecule has 0 bridgehead atoms. The third kappa shape index (κ3) is 5.54. The monoisotopic (exact) mass is 467 g/mol. The van der Waals surface area contributed by atoms with E-state index in [1.165, 1.54) is 19.4 Å². The smallest absolute Gasteiger partial charge is 0.394 e. The zero-order chi connectivity index (χ0) is 23.5. The Morgan fingerprint density at radius 2 is 1.84 bits per heavy atom. The molecule has 4 rings (SSSR count). The number of amides is 1. The summed E-state index contributed by atoms with van der Waals surface area (Å²) in [6.45, 7) is 2.21. The highest BCUT2D eigenvalue weighted by molar-refractivity contribution is 7.79. The fourth-order valence-corrected chi connectivity index (χ4v) is 3.13. The number of hydrogen-bond donors (Lipinski definition) is 4. The molecule has 14 heteroatoms. The average Bonchev–Trinajstić information content (AvgIpc) is 3.27. The van der Waals surface area contributed by atoms with Crippen molar-refractivity contribution in [2.75, 3.05) is 43.9 Å². The van der Waals surface area contributed by atoms with Gasteiger partial charge >= 0.3 is 10.4 Å². The highest BCUT2D eigenvalue weighted by Crippen LogP contribution is 2.33. The number of carbonyl (C=O) groups excluding carboxylic acids is 1. The molecule has 1 aliphatic rings. The van der Waals surface area contributed by atoms with Gasteiger partial charge in [-0.25, -0.2) is 4.98 Å². The number of rotatable bonds is 3. The van der Waals surface area contributed by atoms with Crippen LogP contribution in [0.15, 0.2) is 34.9 Å². The number of benzene rings is 1. The molecule has 2 aromatic heterocycles. The van der Waals surface area contributed by atoms with Crippen LogP contribution in [-0.4, -0.2) is 76.7 Å². The molecule has 0 atom stereocenters. The van der Waals surface area contributed by atoms with E-state index in [1.807, 2.05) is 4.90 Å². The van der Waals surface area contributed by atoms with Crippen molar-refractivity contribution in [1.29, 1.82) is 0 Å². The third-order valence-corrected chi connectivity index (χ3v) is 4.60. The second kappa shape index (κ2) is 9.25. The Morgan fingerprint density at radius 3 is 2.41 bits per heavy atom. The van der Waals surface area contributed by atoms with Crippen LogP contribution in [0.5, 0.6) is 11.5 Å². The molecule has 0 unspecified atom stereocenters. The van der Waals surface area contributed by atoms with Crippen molar-refractivity contribution >= 4 is 39.0 Å². The lowest BCUT2D eigenvalue weighted by Crippen LogP contribution is -2.49. The fraction of sp³-hybridized carbons (Fsp3) is 0.278. The number of ether oxygens (including phenoxy) is 1. The van der Waals surface area contributed by atoms with E-state index >= 15 is 0 Å². The lowest BCUT2D eigenvalue weighted by Gasteiger charge is -2.34. The Morgan fingerprint density at radius 1 is 1.19 bits per heavy atom. The van der Waals surface area contributed by atoms with Crippen molar-refractivity contribution in [3.63, 3.8) is 0 Å². The summed E-state index contributed by atoms with van der Waals surface area (Å²) in [7, 11) is -3.19. The van der Waals surface area contributed by atoms with Crippen molar-refractivity contribution in [1.82, 2.24) is 14.9 Å². The number of aromatic nitrogens is 2. The topological polar surface area (TPSA) is 193 Å². The molecule has 1 amide bonds.